The number of hydrogen-bond acceptors (Lipinski definition) is 3. The van der Waals surface area contributed by atoms with Crippen LogP contribution in [0.4, 0.5) is 18.9 Å². The Morgan fingerprint density at radius 3 is 2.35 bits per heavy atom. The SMILES string of the molecule is ON1CCN(c2c[c]cc(C(F)(F)F)c2)CC1. The summed E-state index contributed by atoms with van der Waals surface area (Å²) >= 11 is 0. The first kappa shape index (κ1) is 12.2. The van der Waals surface area contributed by atoms with Crippen LogP contribution in [-0.2, 0) is 6.18 Å². The molecule has 17 heavy (non-hydrogen) atoms. The summed E-state index contributed by atoms with van der Waals surface area (Å²) in [4.78, 5) is 1.80. The Bertz CT molecular complexity index is 387. The van der Waals surface area contributed by atoms with E-state index in [2.05, 4.69) is 6.07 Å². The Balaban J connectivity index is 2.16. The summed E-state index contributed by atoms with van der Waals surface area (Å²) in [6, 6.07) is 6.09. The molecule has 0 atom stereocenters. The van der Waals surface area contributed by atoms with E-state index in [4.69, 9.17) is 0 Å². The van der Waals surface area contributed by atoms with E-state index in [0.717, 1.165) is 17.2 Å². The highest BCUT2D eigenvalue weighted by Gasteiger charge is 2.31. The molecule has 93 valence electrons. The molecule has 6 heteroatoms. The zero-order valence-electron chi connectivity index (χ0n) is 9.04. The van der Waals surface area contributed by atoms with Gasteiger partial charge in [0.1, 0.15) is 0 Å². The maximum absolute atomic E-state index is 12.5. The van der Waals surface area contributed by atoms with Crippen LogP contribution in [0, 0.1) is 6.07 Å². The van der Waals surface area contributed by atoms with Gasteiger partial charge in [-0.15, -0.1) is 0 Å². The van der Waals surface area contributed by atoms with Gasteiger partial charge >= 0.3 is 6.18 Å². The molecule has 0 spiro atoms. The number of hydrogen-bond donors (Lipinski definition) is 1. The molecule has 1 N–H and O–H groups in total. The maximum Gasteiger partial charge on any atom is 0.416 e. The van der Waals surface area contributed by atoms with Crippen molar-refractivity contribution >= 4 is 5.69 Å². The molecule has 1 aliphatic heterocycles. The first-order valence-electron chi connectivity index (χ1n) is 5.24. The van der Waals surface area contributed by atoms with Gasteiger partial charge in [0.25, 0.3) is 0 Å². The quantitative estimate of drug-likeness (QED) is 0.820. The number of anilines is 1. The summed E-state index contributed by atoms with van der Waals surface area (Å²) < 4.78 is 37.5. The Morgan fingerprint density at radius 2 is 1.76 bits per heavy atom. The van der Waals surface area contributed by atoms with Crippen molar-refractivity contribution in [2.45, 2.75) is 6.18 Å². The Hall–Kier alpha value is -1.27. The number of nitrogens with zero attached hydrogens (tertiary/aromatic N) is 2. The van der Waals surface area contributed by atoms with Crippen LogP contribution >= 0.6 is 0 Å². The number of halogens is 3. The first-order chi connectivity index (χ1) is 7.97. The lowest BCUT2D eigenvalue weighted by molar-refractivity contribution is -0.137. The van der Waals surface area contributed by atoms with Crippen molar-refractivity contribution in [3.8, 4) is 0 Å². The summed E-state index contributed by atoms with van der Waals surface area (Å²) in [6.45, 7) is 1.86. The molecule has 1 heterocycles. The van der Waals surface area contributed by atoms with Gasteiger partial charge in [0.05, 0.1) is 5.56 Å². The lowest BCUT2D eigenvalue weighted by atomic mass is 10.1. The first-order valence-corrected chi connectivity index (χ1v) is 5.24. The summed E-state index contributed by atoms with van der Waals surface area (Å²) in [5.74, 6) is 0. The van der Waals surface area contributed by atoms with Crippen LogP contribution in [0.2, 0.25) is 0 Å². The van der Waals surface area contributed by atoms with Gasteiger partial charge in [-0.1, -0.05) is 0 Å². The number of rotatable bonds is 1. The van der Waals surface area contributed by atoms with Crippen LogP contribution in [0.5, 0.6) is 0 Å². The number of benzene rings is 1. The number of alkyl halides is 3. The highest BCUT2D eigenvalue weighted by Crippen LogP contribution is 2.31. The predicted octanol–water partition coefficient (Wildman–Crippen LogP) is 2.02. The molecule has 1 radical (unpaired) electrons. The highest BCUT2D eigenvalue weighted by atomic mass is 19.4. The molecular formula is C11H12F3N2O. The fourth-order valence-electron chi connectivity index (χ4n) is 1.76. The van der Waals surface area contributed by atoms with E-state index in [9.17, 15) is 18.4 Å². The van der Waals surface area contributed by atoms with E-state index < -0.39 is 11.7 Å². The second kappa shape index (κ2) is 4.54. The zero-order valence-corrected chi connectivity index (χ0v) is 9.04. The molecule has 0 aromatic heterocycles. The molecule has 1 aromatic rings. The zero-order chi connectivity index (χ0) is 12.5. The van der Waals surface area contributed by atoms with E-state index >= 15 is 0 Å². The predicted molar refractivity (Wildman–Crippen MR) is 55.9 cm³/mol. The molecule has 0 amide bonds. The monoisotopic (exact) mass is 245 g/mol. The average molecular weight is 245 g/mol. The number of piperazine rings is 1. The van der Waals surface area contributed by atoms with Gasteiger partial charge in [-0.3, -0.25) is 0 Å². The molecule has 2 rings (SSSR count). The summed E-state index contributed by atoms with van der Waals surface area (Å²) in [5.41, 5.74) is -0.200. The fourth-order valence-corrected chi connectivity index (χ4v) is 1.76. The molecule has 0 bridgehead atoms. The van der Waals surface area contributed by atoms with Crippen molar-refractivity contribution in [1.29, 1.82) is 0 Å². The van der Waals surface area contributed by atoms with Crippen molar-refractivity contribution in [3.05, 3.63) is 29.8 Å². The largest absolute Gasteiger partial charge is 0.416 e. The van der Waals surface area contributed by atoms with Gasteiger partial charge in [0.15, 0.2) is 0 Å². The van der Waals surface area contributed by atoms with Crippen molar-refractivity contribution in [2.24, 2.45) is 0 Å². The van der Waals surface area contributed by atoms with Crippen molar-refractivity contribution in [1.82, 2.24) is 5.06 Å². The van der Waals surface area contributed by atoms with Crippen LogP contribution in [-0.4, -0.2) is 36.4 Å². The smallest absolute Gasteiger partial charge is 0.369 e. The lowest BCUT2D eigenvalue weighted by Gasteiger charge is -2.33. The highest BCUT2D eigenvalue weighted by molar-refractivity contribution is 5.49. The van der Waals surface area contributed by atoms with Gasteiger partial charge < -0.3 is 10.1 Å². The van der Waals surface area contributed by atoms with Crippen LogP contribution in [0.3, 0.4) is 0 Å². The average Bonchev–Trinajstić information content (AvgIpc) is 2.29. The summed E-state index contributed by atoms with van der Waals surface area (Å²) in [5, 5.41) is 10.3. The maximum atomic E-state index is 12.5. The van der Waals surface area contributed by atoms with E-state index in [1.807, 2.05) is 0 Å². The van der Waals surface area contributed by atoms with Crippen LogP contribution < -0.4 is 4.90 Å². The molecule has 1 aromatic carbocycles. The van der Waals surface area contributed by atoms with Crippen LogP contribution in [0.1, 0.15) is 5.56 Å². The minimum absolute atomic E-state index is 0.427. The summed E-state index contributed by atoms with van der Waals surface area (Å²) in [7, 11) is 0. The molecule has 0 aliphatic carbocycles. The number of hydroxylamine groups is 2. The third-order valence-electron chi connectivity index (χ3n) is 2.72. The molecular weight excluding hydrogens is 233 g/mol. The molecule has 1 aliphatic rings. The third-order valence-corrected chi connectivity index (χ3v) is 2.72. The normalized spacial score (nSPS) is 18.5. The second-order valence-electron chi connectivity index (χ2n) is 3.92. The van der Waals surface area contributed by atoms with Gasteiger partial charge in [-0.05, 0) is 24.3 Å². The minimum Gasteiger partial charge on any atom is -0.369 e. The van der Waals surface area contributed by atoms with Crippen LogP contribution in [0.15, 0.2) is 18.2 Å². The summed E-state index contributed by atoms with van der Waals surface area (Å²) in [6.07, 6.45) is -4.34. The van der Waals surface area contributed by atoms with E-state index in [-0.39, 0.29) is 0 Å². The lowest BCUT2D eigenvalue weighted by Crippen LogP contribution is -2.44. The molecule has 0 saturated carbocycles. The third kappa shape index (κ3) is 2.89. The van der Waals surface area contributed by atoms with Crippen molar-refractivity contribution in [2.75, 3.05) is 31.1 Å². The van der Waals surface area contributed by atoms with Crippen molar-refractivity contribution in [3.63, 3.8) is 0 Å². The van der Waals surface area contributed by atoms with Gasteiger partial charge in [-0.25, -0.2) is 0 Å². The van der Waals surface area contributed by atoms with Gasteiger partial charge in [0, 0.05) is 31.9 Å². The molecule has 3 nitrogen and oxygen atoms in total. The molecule has 1 fully saturated rings. The fraction of sp³-hybridized carbons (Fsp3) is 0.455. The molecule has 1 saturated heterocycles. The van der Waals surface area contributed by atoms with Crippen LogP contribution in [0.25, 0.3) is 0 Å². The van der Waals surface area contributed by atoms with Gasteiger partial charge in [-0.2, -0.15) is 18.2 Å². The molecule has 0 unspecified atom stereocenters. The van der Waals surface area contributed by atoms with E-state index in [0.29, 0.717) is 31.9 Å². The van der Waals surface area contributed by atoms with Crippen molar-refractivity contribution < 1.29 is 18.4 Å². The Kier molecular flexibility index (Phi) is 3.26. The topological polar surface area (TPSA) is 26.7 Å². The van der Waals surface area contributed by atoms with E-state index in [1.165, 1.54) is 6.07 Å². The van der Waals surface area contributed by atoms with E-state index in [1.54, 1.807) is 4.90 Å². The Morgan fingerprint density at radius 1 is 1.12 bits per heavy atom. The Labute approximate surface area is 97.0 Å². The van der Waals surface area contributed by atoms with Gasteiger partial charge in [0.2, 0.25) is 0 Å². The second-order valence-corrected chi connectivity index (χ2v) is 3.92. The standard InChI is InChI=1S/C11H12F3N2O/c12-11(13,14)9-2-1-3-10(8-9)15-4-6-16(17)7-5-15/h2-3,8,17H,4-7H2. The minimum atomic E-state index is -4.34.